The number of hydrogen-bond donors (Lipinski definition) is 1. The zero-order valence-electron chi connectivity index (χ0n) is 11.4. The Morgan fingerprint density at radius 1 is 1.40 bits per heavy atom. The highest BCUT2D eigenvalue weighted by Crippen LogP contribution is 2.24. The lowest BCUT2D eigenvalue weighted by Crippen LogP contribution is -2.26. The predicted octanol–water partition coefficient (Wildman–Crippen LogP) is 2.73. The Bertz CT molecular complexity index is 640. The maximum atomic E-state index is 11.2. The van der Waals surface area contributed by atoms with Crippen LogP contribution < -0.4 is 4.90 Å². The smallest absolute Gasteiger partial charge is 0.374 e. The van der Waals surface area contributed by atoms with Gasteiger partial charge >= 0.3 is 5.97 Å². The zero-order chi connectivity index (χ0) is 14.5. The van der Waals surface area contributed by atoms with E-state index in [2.05, 4.69) is 23.5 Å². The molecule has 1 aromatic carbocycles. The first-order valence-electron chi connectivity index (χ1n) is 6.53. The number of carboxylic acid groups (broad SMARTS) is 1. The van der Waals surface area contributed by atoms with Crippen LogP contribution in [0.25, 0.3) is 10.9 Å². The van der Waals surface area contributed by atoms with Gasteiger partial charge in [-0.15, -0.1) is 6.58 Å². The van der Waals surface area contributed by atoms with Gasteiger partial charge in [0.1, 0.15) is 5.82 Å². The molecule has 0 aliphatic heterocycles. The minimum Gasteiger partial charge on any atom is -0.475 e. The minimum atomic E-state index is -1.12. The summed E-state index contributed by atoms with van der Waals surface area (Å²) >= 11 is 0. The quantitative estimate of drug-likeness (QED) is 0.818. The van der Waals surface area contributed by atoms with E-state index in [1.165, 1.54) is 0 Å². The first-order chi connectivity index (χ1) is 9.67. The van der Waals surface area contributed by atoms with Gasteiger partial charge in [0.2, 0.25) is 5.82 Å². The van der Waals surface area contributed by atoms with Gasteiger partial charge < -0.3 is 10.0 Å². The van der Waals surface area contributed by atoms with E-state index in [1.54, 1.807) is 12.1 Å². The van der Waals surface area contributed by atoms with Gasteiger partial charge in [0.25, 0.3) is 0 Å². The highest BCUT2D eigenvalue weighted by Gasteiger charge is 2.16. The van der Waals surface area contributed by atoms with Crippen LogP contribution >= 0.6 is 0 Å². The largest absolute Gasteiger partial charge is 0.475 e. The molecule has 1 N–H and O–H groups in total. The van der Waals surface area contributed by atoms with E-state index in [0.29, 0.717) is 17.9 Å². The summed E-state index contributed by atoms with van der Waals surface area (Å²) < 4.78 is 0. The van der Waals surface area contributed by atoms with Crippen LogP contribution in [-0.2, 0) is 0 Å². The molecule has 0 radical (unpaired) electrons. The Balaban J connectivity index is 2.64. The Hall–Kier alpha value is -2.43. The van der Waals surface area contributed by atoms with Gasteiger partial charge in [-0.1, -0.05) is 25.1 Å². The summed E-state index contributed by atoms with van der Waals surface area (Å²) in [5, 5.41) is 10.0. The first-order valence-corrected chi connectivity index (χ1v) is 6.53. The number of carbonyl (C=O) groups is 1. The number of para-hydroxylation sites is 1. The van der Waals surface area contributed by atoms with E-state index in [4.69, 9.17) is 5.11 Å². The van der Waals surface area contributed by atoms with Gasteiger partial charge in [-0.25, -0.2) is 14.8 Å². The van der Waals surface area contributed by atoms with Gasteiger partial charge in [-0.3, -0.25) is 0 Å². The lowest BCUT2D eigenvalue weighted by molar-refractivity contribution is 0.0684. The van der Waals surface area contributed by atoms with E-state index in [9.17, 15) is 4.79 Å². The van der Waals surface area contributed by atoms with Gasteiger partial charge in [0.05, 0.1) is 5.52 Å². The lowest BCUT2D eigenvalue weighted by Gasteiger charge is -2.23. The average Bonchev–Trinajstić information content (AvgIpc) is 2.46. The molecule has 0 spiro atoms. The third kappa shape index (κ3) is 2.77. The maximum Gasteiger partial charge on any atom is 0.374 e. The monoisotopic (exact) mass is 271 g/mol. The van der Waals surface area contributed by atoms with E-state index >= 15 is 0 Å². The molecule has 1 heterocycles. The molecule has 5 heteroatoms. The van der Waals surface area contributed by atoms with Crippen LogP contribution in [-0.4, -0.2) is 34.1 Å². The third-order valence-corrected chi connectivity index (χ3v) is 2.92. The molecule has 5 nitrogen and oxygen atoms in total. The van der Waals surface area contributed by atoms with Crippen molar-refractivity contribution in [2.45, 2.75) is 13.3 Å². The highest BCUT2D eigenvalue weighted by molar-refractivity contribution is 5.93. The summed E-state index contributed by atoms with van der Waals surface area (Å²) in [5.74, 6) is -0.648. The van der Waals surface area contributed by atoms with Crippen molar-refractivity contribution >= 4 is 22.7 Å². The topological polar surface area (TPSA) is 66.3 Å². The molecular formula is C15H17N3O2. The van der Waals surface area contributed by atoms with Crippen LogP contribution in [0.1, 0.15) is 24.0 Å². The molecule has 0 aliphatic rings. The molecule has 0 atom stereocenters. The fourth-order valence-electron chi connectivity index (χ4n) is 2.11. The molecule has 104 valence electrons. The van der Waals surface area contributed by atoms with Crippen molar-refractivity contribution < 1.29 is 9.90 Å². The standard InChI is InChI=1S/C15H17N3O2/c1-3-9-18(10-4-2)14-11-7-5-6-8-12(11)16-13(17-14)15(19)20/h3,5-8H,1,4,9-10H2,2H3,(H,19,20). The van der Waals surface area contributed by atoms with Crippen molar-refractivity contribution in [3.8, 4) is 0 Å². The highest BCUT2D eigenvalue weighted by atomic mass is 16.4. The van der Waals surface area contributed by atoms with Crippen molar-refractivity contribution in [2.24, 2.45) is 0 Å². The van der Waals surface area contributed by atoms with E-state index in [0.717, 1.165) is 18.4 Å². The predicted molar refractivity (Wildman–Crippen MR) is 79.2 cm³/mol. The van der Waals surface area contributed by atoms with Crippen LogP contribution in [0.5, 0.6) is 0 Å². The zero-order valence-corrected chi connectivity index (χ0v) is 11.4. The summed E-state index contributed by atoms with van der Waals surface area (Å²) in [6, 6.07) is 7.43. The number of rotatable bonds is 6. The Morgan fingerprint density at radius 3 is 2.80 bits per heavy atom. The molecule has 0 amide bonds. The molecule has 0 aliphatic carbocycles. The Labute approximate surface area is 117 Å². The fraction of sp³-hybridized carbons (Fsp3) is 0.267. The van der Waals surface area contributed by atoms with E-state index in [-0.39, 0.29) is 5.82 Å². The molecule has 20 heavy (non-hydrogen) atoms. The molecule has 0 unspecified atom stereocenters. The van der Waals surface area contributed by atoms with E-state index in [1.807, 2.05) is 23.1 Å². The number of benzene rings is 1. The number of hydrogen-bond acceptors (Lipinski definition) is 4. The molecular weight excluding hydrogens is 254 g/mol. The van der Waals surface area contributed by atoms with Crippen molar-refractivity contribution in [2.75, 3.05) is 18.0 Å². The maximum absolute atomic E-state index is 11.2. The molecule has 2 rings (SSSR count). The van der Waals surface area contributed by atoms with Crippen LogP contribution in [0.15, 0.2) is 36.9 Å². The molecule has 1 aromatic heterocycles. The number of aromatic nitrogens is 2. The number of aromatic carboxylic acids is 1. The summed E-state index contributed by atoms with van der Waals surface area (Å²) in [6.45, 7) is 7.21. The Kier molecular flexibility index (Phi) is 4.30. The average molecular weight is 271 g/mol. The SMILES string of the molecule is C=CCN(CCC)c1nc(C(=O)O)nc2ccccc12. The molecule has 0 saturated carbocycles. The van der Waals surface area contributed by atoms with E-state index < -0.39 is 5.97 Å². The number of fused-ring (bicyclic) bond motifs is 1. The summed E-state index contributed by atoms with van der Waals surface area (Å²) in [7, 11) is 0. The van der Waals surface area contributed by atoms with Gasteiger partial charge in [-0.05, 0) is 18.6 Å². The van der Waals surface area contributed by atoms with Crippen LogP contribution in [0.4, 0.5) is 5.82 Å². The van der Waals surface area contributed by atoms with Gasteiger partial charge in [-0.2, -0.15) is 0 Å². The first kappa shape index (κ1) is 14.0. The molecule has 2 aromatic rings. The fourth-order valence-corrected chi connectivity index (χ4v) is 2.11. The second kappa shape index (κ2) is 6.14. The molecule has 0 bridgehead atoms. The molecule has 0 fully saturated rings. The van der Waals surface area contributed by atoms with Crippen LogP contribution in [0, 0.1) is 0 Å². The minimum absolute atomic E-state index is 0.177. The second-order valence-electron chi connectivity index (χ2n) is 4.43. The van der Waals surface area contributed by atoms with Crippen molar-refractivity contribution in [3.63, 3.8) is 0 Å². The summed E-state index contributed by atoms with van der Waals surface area (Å²) in [6.07, 6.45) is 2.72. The van der Waals surface area contributed by atoms with Crippen LogP contribution in [0.2, 0.25) is 0 Å². The normalized spacial score (nSPS) is 10.4. The van der Waals surface area contributed by atoms with Crippen molar-refractivity contribution in [3.05, 3.63) is 42.7 Å². The van der Waals surface area contributed by atoms with Gasteiger partial charge in [0.15, 0.2) is 0 Å². The van der Waals surface area contributed by atoms with Crippen molar-refractivity contribution in [1.29, 1.82) is 0 Å². The van der Waals surface area contributed by atoms with Crippen molar-refractivity contribution in [1.82, 2.24) is 9.97 Å². The summed E-state index contributed by atoms with van der Waals surface area (Å²) in [4.78, 5) is 21.5. The number of nitrogens with zero attached hydrogens (tertiary/aromatic N) is 3. The Morgan fingerprint density at radius 2 is 2.15 bits per heavy atom. The second-order valence-corrected chi connectivity index (χ2v) is 4.43. The number of anilines is 1. The molecule has 0 saturated heterocycles. The third-order valence-electron chi connectivity index (χ3n) is 2.92. The van der Waals surface area contributed by atoms with Crippen LogP contribution in [0.3, 0.4) is 0 Å². The number of carboxylic acids is 1. The summed E-state index contributed by atoms with van der Waals surface area (Å²) in [5.41, 5.74) is 0.639. The lowest BCUT2D eigenvalue weighted by atomic mass is 10.2. The van der Waals surface area contributed by atoms with Gasteiger partial charge in [0, 0.05) is 18.5 Å².